The topological polar surface area (TPSA) is 59.5 Å². The van der Waals surface area contributed by atoms with Gasteiger partial charge in [-0.3, -0.25) is 9.69 Å². The number of hydrogen-bond donors (Lipinski definition) is 0. The summed E-state index contributed by atoms with van der Waals surface area (Å²) in [7, 11) is 1.33. The maximum absolute atomic E-state index is 11.8. The van der Waals surface area contributed by atoms with Crippen molar-refractivity contribution in [2.45, 2.75) is 25.3 Å². The van der Waals surface area contributed by atoms with Crippen molar-refractivity contribution in [1.29, 1.82) is 0 Å². The number of fused-ring (bicyclic) bond motifs is 1. The van der Waals surface area contributed by atoms with Gasteiger partial charge in [-0.25, -0.2) is 9.78 Å². The van der Waals surface area contributed by atoms with Crippen LogP contribution < -0.4 is 4.90 Å². The molecular weight excluding hydrogens is 220 g/mol. The number of ether oxygens (including phenoxy) is 1. The molecule has 0 spiro atoms. The minimum absolute atomic E-state index is 0.0806. The summed E-state index contributed by atoms with van der Waals surface area (Å²) in [6.07, 6.45) is 3.90. The number of carbonyl (C=O) groups excluding carboxylic acids is 2. The van der Waals surface area contributed by atoms with Gasteiger partial charge in [-0.1, -0.05) is 0 Å². The molecule has 5 nitrogen and oxygen atoms in total. The molecule has 17 heavy (non-hydrogen) atoms. The van der Waals surface area contributed by atoms with Gasteiger partial charge in [0.25, 0.3) is 0 Å². The summed E-state index contributed by atoms with van der Waals surface area (Å²) in [4.78, 5) is 29.2. The molecule has 1 aliphatic carbocycles. The third kappa shape index (κ3) is 1.58. The number of rotatable bonds is 2. The Morgan fingerprint density at radius 2 is 2.29 bits per heavy atom. The van der Waals surface area contributed by atoms with Crippen molar-refractivity contribution in [3.05, 3.63) is 23.4 Å². The second-order valence-corrected chi connectivity index (χ2v) is 4.37. The van der Waals surface area contributed by atoms with E-state index in [1.807, 2.05) is 0 Å². The van der Waals surface area contributed by atoms with Crippen LogP contribution in [-0.2, 0) is 16.0 Å². The van der Waals surface area contributed by atoms with E-state index in [1.165, 1.54) is 13.3 Å². The van der Waals surface area contributed by atoms with E-state index in [4.69, 9.17) is 0 Å². The Balaban J connectivity index is 1.98. The molecule has 2 aliphatic rings. The fraction of sp³-hybridized carbons (Fsp3) is 0.417. The minimum atomic E-state index is -0.419. The van der Waals surface area contributed by atoms with E-state index in [-0.39, 0.29) is 5.91 Å². The molecule has 0 aromatic carbocycles. The normalized spacial score (nSPS) is 18.2. The largest absolute Gasteiger partial charge is 0.465 e. The zero-order chi connectivity index (χ0) is 12.0. The molecule has 1 aromatic heterocycles. The first-order valence-corrected chi connectivity index (χ1v) is 5.60. The molecule has 2 heterocycles. The lowest BCUT2D eigenvalue weighted by molar-refractivity contribution is -0.117. The second-order valence-electron chi connectivity index (χ2n) is 4.37. The summed E-state index contributed by atoms with van der Waals surface area (Å²) in [6, 6.07) is 2.02. The summed E-state index contributed by atoms with van der Waals surface area (Å²) in [6.45, 7) is 0. The molecule has 1 aromatic rings. The van der Waals surface area contributed by atoms with Crippen molar-refractivity contribution in [3.63, 3.8) is 0 Å². The number of amides is 1. The molecule has 1 aliphatic heterocycles. The highest BCUT2D eigenvalue weighted by atomic mass is 16.5. The van der Waals surface area contributed by atoms with Gasteiger partial charge in [0, 0.05) is 17.8 Å². The maximum Gasteiger partial charge on any atom is 0.339 e. The van der Waals surface area contributed by atoms with Gasteiger partial charge in [-0.2, -0.15) is 0 Å². The van der Waals surface area contributed by atoms with Gasteiger partial charge >= 0.3 is 5.97 Å². The number of aromatic nitrogens is 1. The Kier molecular flexibility index (Phi) is 2.14. The zero-order valence-corrected chi connectivity index (χ0v) is 9.47. The van der Waals surface area contributed by atoms with Crippen LogP contribution in [0.1, 0.15) is 28.8 Å². The van der Waals surface area contributed by atoms with Gasteiger partial charge in [-0.15, -0.1) is 0 Å². The number of hydrogen-bond acceptors (Lipinski definition) is 4. The lowest BCUT2D eigenvalue weighted by Gasteiger charge is -2.14. The lowest BCUT2D eigenvalue weighted by atomic mass is 10.1. The molecular formula is C12H12N2O3. The van der Waals surface area contributed by atoms with Crippen molar-refractivity contribution >= 4 is 17.7 Å². The number of pyridine rings is 1. The van der Waals surface area contributed by atoms with Gasteiger partial charge in [-0.05, 0) is 18.9 Å². The number of carbonyl (C=O) groups is 2. The Morgan fingerprint density at radius 3 is 2.94 bits per heavy atom. The molecule has 0 bridgehead atoms. The summed E-state index contributed by atoms with van der Waals surface area (Å²) in [5.41, 5.74) is 1.22. The summed E-state index contributed by atoms with van der Waals surface area (Å²) >= 11 is 0. The van der Waals surface area contributed by atoms with Gasteiger partial charge in [0.2, 0.25) is 5.91 Å². The van der Waals surface area contributed by atoms with E-state index in [0.717, 1.165) is 18.4 Å². The predicted octanol–water partition coefficient (Wildman–Crippen LogP) is 0.920. The average molecular weight is 232 g/mol. The van der Waals surface area contributed by atoms with Crippen LogP contribution >= 0.6 is 0 Å². The SMILES string of the molecule is COC(=O)c1cnc2c(c1)CC(=O)N2C1CC1. The van der Waals surface area contributed by atoms with Gasteiger partial charge in [0.15, 0.2) is 0 Å². The number of methoxy groups -OCH3 is 1. The fourth-order valence-electron chi connectivity index (χ4n) is 2.16. The Labute approximate surface area is 98.4 Å². The van der Waals surface area contributed by atoms with Crippen LogP contribution in [-0.4, -0.2) is 30.0 Å². The standard InChI is InChI=1S/C12H12N2O3/c1-17-12(16)8-4-7-5-10(15)14(9-2-3-9)11(7)13-6-8/h4,6,9H,2-3,5H2,1H3. The van der Waals surface area contributed by atoms with E-state index in [1.54, 1.807) is 11.0 Å². The molecule has 3 rings (SSSR count). The van der Waals surface area contributed by atoms with E-state index in [2.05, 4.69) is 9.72 Å². The monoisotopic (exact) mass is 232 g/mol. The fourth-order valence-corrected chi connectivity index (χ4v) is 2.16. The molecule has 0 N–H and O–H groups in total. The van der Waals surface area contributed by atoms with Gasteiger partial charge < -0.3 is 4.74 Å². The molecule has 0 radical (unpaired) electrons. The Bertz CT molecular complexity index is 508. The molecule has 0 atom stereocenters. The number of anilines is 1. The van der Waals surface area contributed by atoms with E-state index in [9.17, 15) is 9.59 Å². The van der Waals surface area contributed by atoms with Crippen LogP contribution in [0.3, 0.4) is 0 Å². The first kappa shape index (κ1) is 10.3. The van der Waals surface area contributed by atoms with Crippen LogP contribution in [0.25, 0.3) is 0 Å². The van der Waals surface area contributed by atoms with E-state index < -0.39 is 5.97 Å². The first-order chi connectivity index (χ1) is 8.20. The first-order valence-electron chi connectivity index (χ1n) is 5.60. The third-order valence-electron chi connectivity index (χ3n) is 3.11. The highest BCUT2D eigenvalue weighted by molar-refractivity contribution is 6.02. The average Bonchev–Trinajstić information content (AvgIpc) is 3.10. The summed E-state index contributed by atoms with van der Waals surface area (Å²) in [5.74, 6) is 0.375. The second kappa shape index (κ2) is 3.55. The lowest BCUT2D eigenvalue weighted by Crippen LogP contribution is -2.29. The summed E-state index contributed by atoms with van der Waals surface area (Å²) in [5, 5.41) is 0. The molecule has 0 saturated heterocycles. The smallest absolute Gasteiger partial charge is 0.339 e. The zero-order valence-electron chi connectivity index (χ0n) is 9.47. The molecule has 5 heteroatoms. The van der Waals surface area contributed by atoms with Crippen LogP contribution in [0, 0.1) is 0 Å². The minimum Gasteiger partial charge on any atom is -0.465 e. The molecule has 1 fully saturated rings. The van der Waals surface area contributed by atoms with Crippen LogP contribution in [0.4, 0.5) is 5.82 Å². The Morgan fingerprint density at radius 1 is 1.53 bits per heavy atom. The highest BCUT2D eigenvalue weighted by Crippen LogP contribution is 2.37. The van der Waals surface area contributed by atoms with E-state index in [0.29, 0.717) is 23.8 Å². The van der Waals surface area contributed by atoms with Gasteiger partial charge in [0.1, 0.15) is 5.82 Å². The van der Waals surface area contributed by atoms with Crippen LogP contribution in [0.2, 0.25) is 0 Å². The quantitative estimate of drug-likeness (QED) is 0.711. The van der Waals surface area contributed by atoms with Crippen LogP contribution in [0.15, 0.2) is 12.3 Å². The van der Waals surface area contributed by atoms with Crippen molar-refractivity contribution in [2.75, 3.05) is 12.0 Å². The van der Waals surface area contributed by atoms with Gasteiger partial charge in [0.05, 0.1) is 19.1 Å². The maximum atomic E-state index is 11.8. The summed E-state index contributed by atoms with van der Waals surface area (Å²) < 4.78 is 4.63. The van der Waals surface area contributed by atoms with Crippen molar-refractivity contribution < 1.29 is 14.3 Å². The molecule has 1 saturated carbocycles. The van der Waals surface area contributed by atoms with E-state index >= 15 is 0 Å². The predicted molar refractivity (Wildman–Crippen MR) is 59.8 cm³/mol. The number of nitrogens with zero attached hydrogens (tertiary/aromatic N) is 2. The van der Waals surface area contributed by atoms with Crippen molar-refractivity contribution in [1.82, 2.24) is 4.98 Å². The van der Waals surface area contributed by atoms with Crippen molar-refractivity contribution in [3.8, 4) is 0 Å². The molecule has 1 amide bonds. The van der Waals surface area contributed by atoms with Crippen LogP contribution in [0.5, 0.6) is 0 Å². The molecule has 88 valence electrons. The Hall–Kier alpha value is -1.91. The number of esters is 1. The molecule has 0 unspecified atom stereocenters. The van der Waals surface area contributed by atoms with Crippen molar-refractivity contribution in [2.24, 2.45) is 0 Å². The highest BCUT2D eigenvalue weighted by Gasteiger charge is 2.39. The third-order valence-corrected chi connectivity index (χ3v) is 3.11.